The third-order valence-electron chi connectivity index (χ3n) is 2.77. The van der Waals surface area contributed by atoms with Crippen molar-refractivity contribution in [3.05, 3.63) is 60.4 Å². The Labute approximate surface area is 137 Å². The molecule has 3 nitrogen and oxygen atoms in total. The van der Waals surface area contributed by atoms with Crippen molar-refractivity contribution in [3.8, 4) is 11.5 Å². The minimum atomic E-state index is -0.483. The molecular formula is C14H6Cl2INO2. The summed E-state index contributed by atoms with van der Waals surface area (Å²) in [6.07, 6.45) is 0. The van der Waals surface area contributed by atoms with Gasteiger partial charge in [0.05, 0.1) is 26.5 Å². The Morgan fingerprint density at radius 2 is 1.80 bits per heavy atom. The summed E-state index contributed by atoms with van der Waals surface area (Å²) < 4.78 is 6.22. The largest absolute Gasteiger partial charge is 0.403 e. The van der Waals surface area contributed by atoms with Gasteiger partial charge in [0, 0.05) is 3.57 Å². The van der Waals surface area contributed by atoms with Gasteiger partial charge in [0.1, 0.15) is 0 Å². The number of rotatable bonds is 1. The molecule has 0 atom stereocenters. The highest BCUT2D eigenvalue weighted by Crippen LogP contribution is 2.28. The number of fused-ring (bicyclic) bond motifs is 1. The second-order valence-electron chi connectivity index (χ2n) is 4.07. The smallest absolute Gasteiger partial charge is 0.347 e. The Bertz CT molecular complexity index is 877. The SMILES string of the molecule is O=c1oc(-c2ccccc2I)nc2cc(Cl)c(Cl)cc12. The van der Waals surface area contributed by atoms with Crippen LogP contribution in [-0.2, 0) is 0 Å². The van der Waals surface area contributed by atoms with Crippen molar-refractivity contribution in [2.75, 3.05) is 0 Å². The van der Waals surface area contributed by atoms with Crippen molar-refractivity contribution in [2.24, 2.45) is 0 Å². The second kappa shape index (κ2) is 5.35. The topological polar surface area (TPSA) is 43.1 Å². The summed E-state index contributed by atoms with van der Waals surface area (Å²) in [6, 6.07) is 10.6. The van der Waals surface area contributed by atoms with E-state index >= 15 is 0 Å². The number of halogens is 3. The van der Waals surface area contributed by atoms with E-state index in [0.29, 0.717) is 20.9 Å². The van der Waals surface area contributed by atoms with Crippen LogP contribution in [0.3, 0.4) is 0 Å². The van der Waals surface area contributed by atoms with Gasteiger partial charge in [-0.05, 0) is 46.9 Å². The molecule has 100 valence electrons. The number of benzene rings is 2. The third-order valence-corrected chi connectivity index (χ3v) is 4.44. The van der Waals surface area contributed by atoms with Gasteiger partial charge in [0.25, 0.3) is 0 Å². The van der Waals surface area contributed by atoms with Gasteiger partial charge in [0.2, 0.25) is 5.89 Å². The normalized spacial score (nSPS) is 10.9. The van der Waals surface area contributed by atoms with Gasteiger partial charge < -0.3 is 4.42 Å². The van der Waals surface area contributed by atoms with Gasteiger partial charge in [-0.15, -0.1) is 0 Å². The summed E-state index contributed by atoms with van der Waals surface area (Å²) >= 11 is 14.0. The van der Waals surface area contributed by atoms with E-state index < -0.39 is 5.63 Å². The highest BCUT2D eigenvalue weighted by atomic mass is 127. The lowest BCUT2D eigenvalue weighted by atomic mass is 10.2. The van der Waals surface area contributed by atoms with Gasteiger partial charge in [-0.2, -0.15) is 0 Å². The maximum absolute atomic E-state index is 12.0. The summed E-state index contributed by atoms with van der Waals surface area (Å²) in [7, 11) is 0. The first-order chi connectivity index (χ1) is 9.56. The fourth-order valence-corrected chi connectivity index (χ4v) is 2.76. The molecule has 0 saturated heterocycles. The molecule has 0 N–H and O–H groups in total. The van der Waals surface area contributed by atoms with E-state index in [4.69, 9.17) is 27.6 Å². The van der Waals surface area contributed by atoms with Gasteiger partial charge in [-0.25, -0.2) is 9.78 Å². The van der Waals surface area contributed by atoms with E-state index in [9.17, 15) is 4.79 Å². The first-order valence-electron chi connectivity index (χ1n) is 5.61. The lowest BCUT2D eigenvalue weighted by Crippen LogP contribution is -2.03. The van der Waals surface area contributed by atoms with E-state index in [1.54, 1.807) is 6.07 Å². The van der Waals surface area contributed by atoms with Crippen LogP contribution in [0.15, 0.2) is 45.6 Å². The molecule has 0 amide bonds. The van der Waals surface area contributed by atoms with Crippen molar-refractivity contribution >= 4 is 56.7 Å². The Hall–Kier alpha value is -1.11. The molecule has 6 heteroatoms. The van der Waals surface area contributed by atoms with Crippen LogP contribution in [0.4, 0.5) is 0 Å². The summed E-state index contributed by atoms with van der Waals surface area (Å²) in [6.45, 7) is 0. The summed E-state index contributed by atoms with van der Waals surface area (Å²) in [5, 5.41) is 0.968. The molecule has 0 spiro atoms. The first kappa shape index (κ1) is 13.9. The zero-order valence-electron chi connectivity index (χ0n) is 9.86. The Kier molecular flexibility index (Phi) is 3.70. The van der Waals surface area contributed by atoms with Gasteiger partial charge >= 0.3 is 5.63 Å². The monoisotopic (exact) mass is 417 g/mol. The van der Waals surface area contributed by atoms with Crippen molar-refractivity contribution in [1.82, 2.24) is 4.98 Å². The predicted octanol–water partition coefficient (Wildman–Crippen LogP) is 4.77. The van der Waals surface area contributed by atoms with Crippen molar-refractivity contribution in [1.29, 1.82) is 0 Å². The average molecular weight is 418 g/mol. The minimum absolute atomic E-state index is 0.269. The molecule has 3 aromatic rings. The van der Waals surface area contributed by atoms with Gasteiger partial charge in [-0.1, -0.05) is 35.3 Å². The highest BCUT2D eigenvalue weighted by Gasteiger charge is 2.12. The zero-order chi connectivity index (χ0) is 14.3. The van der Waals surface area contributed by atoms with E-state index in [-0.39, 0.29) is 5.89 Å². The van der Waals surface area contributed by atoms with Crippen LogP contribution in [0.2, 0.25) is 10.0 Å². The van der Waals surface area contributed by atoms with Crippen LogP contribution >= 0.6 is 45.8 Å². The van der Waals surface area contributed by atoms with Crippen molar-refractivity contribution in [2.45, 2.75) is 0 Å². The molecule has 0 fully saturated rings. The standard InChI is InChI=1S/C14H6Cl2INO2/c15-9-5-8-12(6-10(9)16)18-13(20-14(8)19)7-3-1-2-4-11(7)17/h1-6H. The fraction of sp³-hybridized carbons (Fsp3) is 0. The van der Waals surface area contributed by atoms with Gasteiger partial charge in [-0.3, -0.25) is 0 Å². The van der Waals surface area contributed by atoms with Crippen LogP contribution < -0.4 is 5.63 Å². The Morgan fingerprint density at radius 3 is 2.55 bits per heavy atom. The van der Waals surface area contributed by atoms with Crippen LogP contribution in [0.5, 0.6) is 0 Å². The van der Waals surface area contributed by atoms with Crippen LogP contribution in [0.25, 0.3) is 22.4 Å². The molecule has 3 rings (SSSR count). The molecule has 1 heterocycles. The third kappa shape index (κ3) is 2.43. The molecule has 0 saturated carbocycles. The second-order valence-corrected chi connectivity index (χ2v) is 6.05. The van der Waals surface area contributed by atoms with E-state index in [1.807, 2.05) is 24.3 Å². The Morgan fingerprint density at radius 1 is 1.10 bits per heavy atom. The van der Waals surface area contributed by atoms with Crippen LogP contribution in [0, 0.1) is 3.57 Å². The molecule has 0 aliphatic rings. The van der Waals surface area contributed by atoms with Crippen LogP contribution in [-0.4, -0.2) is 4.98 Å². The molecular weight excluding hydrogens is 412 g/mol. The predicted molar refractivity (Wildman–Crippen MR) is 88.5 cm³/mol. The highest BCUT2D eigenvalue weighted by molar-refractivity contribution is 14.1. The van der Waals surface area contributed by atoms with Crippen molar-refractivity contribution < 1.29 is 4.42 Å². The quantitative estimate of drug-likeness (QED) is 0.536. The first-order valence-corrected chi connectivity index (χ1v) is 7.44. The zero-order valence-corrected chi connectivity index (χ0v) is 13.5. The molecule has 0 aliphatic carbocycles. The van der Waals surface area contributed by atoms with E-state index in [0.717, 1.165) is 9.13 Å². The molecule has 0 radical (unpaired) electrons. The lowest BCUT2D eigenvalue weighted by Gasteiger charge is -2.04. The lowest BCUT2D eigenvalue weighted by molar-refractivity contribution is 0.518. The number of hydrogen-bond donors (Lipinski definition) is 0. The number of aromatic nitrogens is 1. The van der Waals surface area contributed by atoms with Gasteiger partial charge in [0.15, 0.2) is 0 Å². The summed E-state index contributed by atoms with van der Waals surface area (Å²) in [5.41, 5.74) is 0.742. The van der Waals surface area contributed by atoms with Crippen molar-refractivity contribution in [3.63, 3.8) is 0 Å². The summed E-state index contributed by atoms with van der Waals surface area (Å²) in [4.78, 5) is 16.4. The molecule has 1 aromatic heterocycles. The van der Waals surface area contributed by atoms with E-state index in [1.165, 1.54) is 6.07 Å². The fourth-order valence-electron chi connectivity index (χ4n) is 1.82. The van der Waals surface area contributed by atoms with E-state index in [2.05, 4.69) is 27.6 Å². The summed E-state index contributed by atoms with van der Waals surface area (Å²) in [5.74, 6) is 0.269. The molecule has 0 unspecified atom stereocenters. The minimum Gasteiger partial charge on any atom is -0.403 e. The molecule has 0 aliphatic heterocycles. The maximum Gasteiger partial charge on any atom is 0.347 e. The average Bonchev–Trinajstić information content (AvgIpc) is 2.41. The molecule has 2 aromatic carbocycles. The van der Waals surface area contributed by atoms with Crippen LogP contribution in [0.1, 0.15) is 0 Å². The molecule has 0 bridgehead atoms. The maximum atomic E-state index is 12.0. The number of nitrogens with zero attached hydrogens (tertiary/aromatic N) is 1. The molecule has 20 heavy (non-hydrogen) atoms. The number of hydrogen-bond acceptors (Lipinski definition) is 3. The Balaban J connectivity index is 2.33.